The molecule has 92 valence electrons. The number of hydrogen-bond donors (Lipinski definition) is 2. The van der Waals surface area contributed by atoms with E-state index in [-0.39, 0.29) is 5.41 Å². The van der Waals surface area contributed by atoms with Crippen LogP contribution in [0.2, 0.25) is 0 Å². The van der Waals surface area contributed by atoms with Gasteiger partial charge in [0.05, 0.1) is 12.2 Å². The van der Waals surface area contributed by atoms with Crippen molar-refractivity contribution in [2.45, 2.75) is 78.4 Å². The molecule has 0 saturated carbocycles. The standard InChI is InChI=1S/C13H28O2/c1-5-8-9-10-11(14)12(15)13(4,6-2)7-3/h11-12,14-15H,5-10H2,1-4H3. The molecular weight excluding hydrogens is 188 g/mol. The fourth-order valence-corrected chi connectivity index (χ4v) is 1.89. The average Bonchev–Trinajstić information content (AvgIpc) is 2.27. The van der Waals surface area contributed by atoms with E-state index in [2.05, 4.69) is 27.7 Å². The van der Waals surface area contributed by atoms with Crippen LogP contribution in [0.5, 0.6) is 0 Å². The van der Waals surface area contributed by atoms with E-state index in [1.807, 2.05) is 0 Å². The monoisotopic (exact) mass is 216 g/mol. The Bertz CT molecular complexity index is 153. The van der Waals surface area contributed by atoms with Crippen molar-refractivity contribution in [3.63, 3.8) is 0 Å². The topological polar surface area (TPSA) is 40.5 Å². The van der Waals surface area contributed by atoms with Gasteiger partial charge in [-0.15, -0.1) is 0 Å². The molecule has 0 radical (unpaired) electrons. The fraction of sp³-hybridized carbons (Fsp3) is 1.00. The summed E-state index contributed by atoms with van der Waals surface area (Å²) in [6.07, 6.45) is 4.72. The van der Waals surface area contributed by atoms with Crippen LogP contribution in [-0.4, -0.2) is 22.4 Å². The lowest BCUT2D eigenvalue weighted by Crippen LogP contribution is -2.40. The molecule has 0 fully saturated rings. The molecule has 0 rings (SSSR count). The van der Waals surface area contributed by atoms with E-state index in [9.17, 15) is 10.2 Å². The van der Waals surface area contributed by atoms with Crippen molar-refractivity contribution in [2.24, 2.45) is 5.41 Å². The van der Waals surface area contributed by atoms with Crippen molar-refractivity contribution in [3.05, 3.63) is 0 Å². The first-order valence-electron chi connectivity index (χ1n) is 6.38. The van der Waals surface area contributed by atoms with Gasteiger partial charge in [0.25, 0.3) is 0 Å². The molecule has 0 aliphatic heterocycles. The second-order valence-electron chi connectivity index (χ2n) is 4.87. The van der Waals surface area contributed by atoms with Crippen molar-refractivity contribution in [3.8, 4) is 0 Å². The SMILES string of the molecule is CCCCCC(O)C(O)C(C)(CC)CC. The number of unbranched alkanes of at least 4 members (excludes halogenated alkanes) is 2. The average molecular weight is 216 g/mol. The lowest BCUT2D eigenvalue weighted by Gasteiger charge is -2.35. The van der Waals surface area contributed by atoms with Crippen LogP contribution in [-0.2, 0) is 0 Å². The second-order valence-corrected chi connectivity index (χ2v) is 4.87. The van der Waals surface area contributed by atoms with E-state index in [0.29, 0.717) is 0 Å². The third kappa shape index (κ3) is 4.52. The quantitative estimate of drug-likeness (QED) is 0.612. The van der Waals surface area contributed by atoms with Crippen LogP contribution in [0.4, 0.5) is 0 Å². The normalized spacial score (nSPS) is 16.4. The van der Waals surface area contributed by atoms with E-state index in [0.717, 1.165) is 38.5 Å². The van der Waals surface area contributed by atoms with Crippen molar-refractivity contribution in [1.29, 1.82) is 0 Å². The maximum absolute atomic E-state index is 10.1. The predicted octanol–water partition coefficient (Wildman–Crippen LogP) is 3.11. The molecule has 2 nitrogen and oxygen atoms in total. The van der Waals surface area contributed by atoms with Gasteiger partial charge in [-0.1, -0.05) is 47.0 Å². The molecule has 0 aromatic carbocycles. The Morgan fingerprint density at radius 2 is 1.53 bits per heavy atom. The summed E-state index contributed by atoms with van der Waals surface area (Å²) in [4.78, 5) is 0. The highest BCUT2D eigenvalue weighted by Crippen LogP contribution is 2.32. The van der Waals surface area contributed by atoms with Crippen molar-refractivity contribution < 1.29 is 10.2 Å². The number of hydrogen-bond acceptors (Lipinski definition) is 2. The van der Waals surface area contributed by atoms with Gasteiger partial charge in [0.1, 0.15) is 0 Å². The first-order chi connectivity index (χ1) is 7.01. The smallest absolute Gasteiger partial charge is 0.0852 e. The van der Waals surface area contributed by atoms with Crippen LogP contribution in [0.3, 0.4) is 0 Å². The molecule has 2 N–H and O–H groups in total. The van der Waals surface area contributed by atoms with Crippen LogP contribution < -0.4 is 0 Å². The Morgan fingerprint density at radius 1 is 1.00 bits per heavy atom. The van der Waals surface area contributed by atoms with Crippen molar-refractivity contribution in [1.82, 2.24) is 0 Å². The molecule has 0 bridgehead atoms. The van der Waals surface area contributed by atoms with Gasteiger partial charge in [0.2, 0.25) is 0 Å². The minimum atomic E-state index is -0.579. The molecule has 0 aliphatic rings. The van der Waals surface area contributed by atoms with Crippen LogP contribution in [0.25, 0.3) is 0 Å². The molecule has 2 atom stereocenters. The molecule has 0 spiro atoms. The zero-order chi connectivity index (χ0) is 11.9. The van der Waals surface area contributed by atoms with Gasteiger partial charge in [0.15, 0.2) is 0 Å². The molecule has 0 saturated heterocycles. The largest absolute Gasteiger partial charge is 0.390 e. The van der Waals surface area contributed by atoms with Crippen LogP contribution >= 0.6 is 0 Å². The first kappa shape index (κ1) is 14.9. The summed E-state index contributed by atoms with van der Waals surface area (Å²) < 4.78 is 0. The first-order valence-corrected chi connectivity index (χ1v) is 6.38. The van der Waals surface area contributed by atoms with E-state index in [1.54, 1.807) is 0 Å². The third-order valence-electron chi connectivity index (χ3n) is 3.80. The van der Waals surface area contributed by atoms with Gasteiger partial charge in [-0.25, -0.2) is 0 Å². The molecule has 0 aliphatic carbocycles. The number of rotatable bonds is 8. The summed E-state index contributed by atoms with van der Waals surface area (Å²) in [5, 5.41) is 20.0. The summed E-state index contributed by atoms with van der Waals surface area (Å²) in [5.41, 5.74) is -0.133. The highest BCUT2D eigenvalue weighted by molar-refractivity contribution is 4.84. The van der Waals surface area contributed by atoms with E-state index in [4.69, 9.17) is 0 Å². The van der Waals surface area contributed by atoms with Gasteiger partial charge in [-0.05, 0) is 24.7 Å². The molecule has 0 aromatic rings. The summed E-state index contributed by atoms with van der Waals surface area (Å²) in [6.45, 7) is 8.35. The molecular formula is C13H28O2. The van der Waals surface area contributed by atoms with E-state index >= 15 is 0 Å². The summed E-state index contributed by atoms with van der Waals surface area (Å²) >= 11 is 0. The minimum Gasteiger partial charge on any atom is -0.390 e. The minimum absolute atomic E-state index is 0.133. The highest BCUT2D eigenvalue weighted by atomic mass is 16.3. The molecule has 0 heterocycles. The molecule has 0 amide bonds. The van der Waals surface area contributed by atoms with Crippen LogP contribution in [0.15, 0.2) is 0 Å². The molecule has 2 unspecified atom stereocenters. The van der Waals surface area contributed by atoms with Crippen molar-refractivity contribution >= 4 is 0 Å². The fourth-order valence-electron chi connectivity index (χ4n) is 1.89. The Hall–Kier alpha value is -0.0800. The molecule has 2 heteroatoms. The zero-order valence-corrected chi connectivity index (χ0v) is 10.8. The molecule has 15 heavy (non-hydrogen) atoms. The summed E-state index contributed by atoms with van der Waals surface area (Å²) in [7, 11) is 0. The van der Waals surface area contributed by atoms with Crippen molar-refractivity contribution in [2.75, 3.05) is 0 Å². The molecule has 0 aromatic heterocycles. The maximum atomic E-state index is 10.1. The Labute approximate surface area is 94.7 Å². The zero-order valence-electron chi connectivity index (χ0n) is 10.8. The Morgan fingerprint density at radius 3 is 1.93 bits per heavy atom. The third-order valence-corrected chi connectivity index (χ3v) is 3.80. The lowest BCUT2D eigenvalue weighted by atomic mass is 9.76. The second kappa shape index (κ2) is 7.24. The van der Waals surface area contributed by atoms with E-state index in [1.165, 1.54) is 0 Å². The number of aliphatic hydroxyl groups is 2. The summed E-state index contributed by atoms with van der Waals surface area (Å²) in [5.74, 6) is 0. The predicted molar refractivity (Wildman–Crippen MR) is 64.8 cm³/mol. The highest BCUT2D eigenvalue weighted by Gasteiger charge is 2.33. The van der Waals surface area contributed by atoms with Crippen LogP contribution in [0, 0.1) is 5.41 Å². The van der Waals surface area contributed by atoms with Crippen LogP contribution in [0.1, 0.15) is 66.2 Å². The lowest BCUT2D eigenvalue weighted by molar-refractivity contribution is -0.0655. The Balaban J connectivity index is 4.10. The Kier molecular flexibility index (Phi) is 7.20. The number of aliphatic hydroxyl groups excluding tert-OH is 2. The van der Waals surface area contributed by atoms with Gasteiger partial charge in [-0.2, -0.15) is 0 Å². The van der Waals surface area contributed by atoms with Gasteiger partial charge in [0, 0.05) is 0 Å². The maximum Gasteiger partial charge on any atom is 0.0852 e. The van der Waals surface area contributed by atoms with Gasteiger partial charge < -0.3 is 10.2 Å². The van der Waals surface area contributed by atoms with E-state index < -0.39 is 12.2 Å². The summed E-state index contributed by atoms with van der Waals surface area (Å²) in [6, 6.07) is 0. The van der Waals surface area contributed by atoms with Gasteiger partial charge >= 0.3 is 0 Å². The van der Waals surface area contributed by atoms with Gasteiger partial charge in [-0.3, -0.25) is 0 Å².